The van der Waals surface area contributed by atoms with E-state index in [9.17, 15) is 9.70 Å². The van der Waals surface area contributed by atoms with Crippen LogP contribution in [0, 0.1) is 4.91 Å². The van der Waals surface area contributed by atoms with Gasteiger partial charge in [0, 0.05) is 5.69 Å². The van der Waals surface area contributed by atoms with Crippen LogP contribution in [-0.2, 0) is 11.2 Å². The number of rotatable bonds is 3. The van der Waals surface area contributed by atoms with Gasteiger partial charge in [0.15, 0.2) is 0 Å². The number of nitrogens with one attached hydrogen (secondary N) is 1. The summed E-state index contributed by atoms with van der Waals surface area (Å²) in [7, 11) is 0. The van der Waals surface area contributed by atoms with Crippen LogP contribution >= 0.6 is 0 Å². The van der Waals surface area contributed by atoms with Crippen molar-refractivity contribution < 1.29 is 4.79 Å². The third-order valence-corrected chi connectivity index (χ3v) is 2.54. The molecule has 0 bridgehead atoms. The minimum absolute atomic E-state index is 0.199. The van der Waals surface area contributed by atoms with Crippen molar-refractivity contribution in [3.05, 3.63) is 34.2 Å². The van der Waals surface area contributed by atoms with E-state index in [2.05, 4.69) is 10.5 Å². The fourth-order valence-corrected chi connectivity index (χ4v) is 1.86. The number of carbonyl (C=O) groups is 1. The molecule has 1 amide bonds. The molecule has 2 rings (SSSR count). The Hall–Kier alpha value is -1.71. The number of carbonyl (C=O) groups excluding carboxylic acids is 1. The van der Waals surface area contributed by atoms with Gasteiger partial charge in [-0.2, -0.15) is 4.91 Å². The molecule has 0 aromatic heterocycles. The molecule has 0 radical (unpaired) electrons. The number of anilines is 1. The average Bonchev–Trinajstić information content (AvgIpc) is 2.60. The molecule has 0 saturated heterocycles. The molecule has 0 spiro atoms. The predicted octanol–water partition coefficient (Wildman–Crippen LogP) is 2.01. The molecule has 72 valence electrons. The topological polar surface area (TPSA) is 58.5 Å². The van der Waals surface area contributed by atoms with Crippen molar-refractivity contribution in [2.75, 3.05) is 5.32 Å². The van der Waals surface area contributed by atoms with Crippen LogP contribution in [0.4, 0.5) is 5.69 Å². The maximum Gasteiger partial charge on any atom is 0.211 e. The molecule has 0 aliphatic heterocycles. The number of benzene rings is 1. The largest absolute Gasteiger partial charge is 0.329 e. The zero-order valence-corrected chi connectivity index (χ0v) is 7.56. The molecule has 0 heterocycles. The predicted molar refractivity (Wildman–Crippen MR) is 53.0 cm³/mol. The van der Waals surface area contributed by atoms with Gasteiger partial charge in [0.2, 0.25) is 6.41 Å². The van der Waals surface area contributed by atoms with Crippen LogP contribution in [-0.4, -0.2) is 6.41 Å². The van der Waals surface area contributed by atoms with Gasteiger partial charge < -0.3 is 5.32 Å². The molecule has 1 aromatic carbocycles. The third kappa shape index (κ3) is 1.39. The van der Waals surface area contributed by atoms with Crippen LogP contribution in [0.25, 0.3) is 0 Å². The van der Waals surface area contributed by atoms with E-state index in [1.54, 1.807) is 6.07 Å². The maximum atomic E-state index is 10.5. The first-order chi connectivity index (χ1) is 6.85. The zero-order chi connectivity index (χ0) is 9.97. The highest BCUT2D eigenvalue weighted by atomic mass is 16.3. The monoisotopic (exact) mass is 190 g/mol. The maximum absolute atomic E-state index is 10.5. The Morgan fingerprint density at radius 3 is 3.07 bits per heavy atom. The second-order valence-electron chi connectivity index (χ2n) is 3.34. The number of aryl methyl sites for hydroxylation is 1. The molecule has 1 aliphatic carbocycles. The van der Waals surface area contributed by atoms with E-state index in [0.717, 1.165) is 29.7 Å². The van der Waals surface area contributed by atoms with E-state index in [1.807, 2.05) is 12.1 Å². The van der Waals surface area contributed by atoms with Crippen LogP contribution < -0.4 is 5.32 Å². The normalized spacial score (nSPS) is 18.7. The second-order valence-corrected chi connectivity index (χ2v) is 3.34. The van der Waals surface area contributed by atoms with Gasteiger partial charge in [-0.1, -0.05) is 11.2 Å². The summed E-state index contributed by atoms with van der Waals surface area (Å²) in [6.07, 6.45) is 2.29. The van der Waals surface area contributed by atoms with Gasteiger partial charge >= 0.3 is 0 Å². The van der Waals surface area contributed by atoms with Crippen molar-refractivity contribution >= 4 is 12.1 Å². The number of fused-ring (bicyclic) bond motifs is 1. The van der Waals surface area contributed by atoms with Crippen molar-refractivity contribution in [3.8, 4) is 0 Å². The first-order valence-electron chi connectivity index (χ1n) is 4.50. The van der Waals surface area contributed by atoms with Crippen LogP contribution in [0.15, 0.2) is 23.4 Å². The van der Waals surface area contributed by atoms with Crippen molar-refractivity contribution in [1.82, 2.24) is 0 Å². The van der Waals surface area contributed by atoms with E-state index in [4.69, 9.17) is 0 Å². The van der Waals surface area contributed by atoms with Crippen molar-refractivity contribution in [2.45, 2.75) is 18.9 Å². The second kappa shape index (κ2) is 3.57. The SMILES string of the molecule is O=CNc1ccc2c(c1)CCC2N=O. The number of hydrogen-bond donors (Lipinski definition) is 1. The highest BCUT2D eigenvalue weighted by Crippen LogP contribution is 2.35. The third-order valence-electron chi connectivity index (χ3n) is 2.54. The fourth-order valence-electron chi connectivity index (χ4n) is 1.86. The zero-order valence-electron chi connectivity index (χ0n) is 7.56. The van der Waals surface area contributed by atoms with Crippen LogP contribution in [0.5, 0.6) is 0 Å². The lowest BCUT2D eigenvalue weighted by molar-refractivity contribution is -0.105. The Morgan fingerprint density at radius 2 is 2.36 bits per heavy atom. The van der Waals surface area contributed by atoms with Gasteiger partial charge in [-0.15, -0.1) is 0 Å². The van der Waals surface area contributed by atoms with Crippen LogP contribution in [0.2, 0.25) is 0 Å². The van der Waals surface area contributed by atoms with E-state index in [1.165, 1.54) is 0 Å². The number of nitrogens with zero attached hydrogens (tertiary/aromatic N) is 1. The Morgan fingerprint density at radius 1 is 1.50 bits per heavy atom. The molecule has 1 N–H and O–H groups in total. The minimum atomic E-state index is -0.199. The summed E-state index contributed by atoms with van der Waals surface area (Å²) in [6.45, 7) is 0. The Kier molecular flexibility index (Phi) is 2.26. The Bertz CT molecular complexity index is 376. The van der Waals surface area contributed by atoms with Crippen LogP contribution in [0.3, 0.4) is 0 Å². The lowest BCUT2D eigenvalue weighted by Gasteiger charge is -2.04. The van der Waals surface area contributed by atoms with Crippen LogP contribution in [0.1, 0.15) is 23.6 Å². The van der Waals surface area contributed by atoms with Crippen molar-refractivity contribution in [1.29, 1.82) is 0 Å². The summed E-state index contributed by atoms with van der Waals surface area (Å²) in [4.78, 5) is 20.7. The Balaban J connectivity index is 2.33. The molecule has 1 unspecified atom stereocenters. The summed E-state index contributed by atoms with van der Waals surface area (Å²) in [6, 6.07) is 5.35. The molecule has 1 atom stereocenters. The highest BCUT2D eigenvalue weighted by Gasteiger charge is 2.22. The standard InChI is InChI=1S/C10H10N2O2/c13-6-11-8-2-3-9-7(5-8)1-4-10(9)12-14/h2-3,5-6,10H,1,4H2,(H,11,13). The van der Waals surface area contributed by atoms with Gasteiger partial charge in [0.25, 0.3) is 0 Å². The lowest BCUT2D eigenvalue weighted by atomic mass is 10.1. The Labute approximate surface area is 81.3 Å². The molecular formula is C10H10N2O2. The first kappa shape index (κ1) is 8.87. The summed E-state index contributed by atoms with van der Waals surface area (Å²) >= 11 is 0. The molecule has 14 heavy (non-hydrogen) atoms. The summed E-state index contributed by atoms with van der Waals surface area (Å²) in [5, 5.41) is 5.65. The number of amides is 1. The van der Waals surface area contributed by atoms with Gasteiger partial charge in [-0.05, 0) is 36.1 Å². The molecule has 4 heteroatoms. The minimum Gasteiger partial charge on any atom is -0.329 e. The van der Waals surface area contributed by atoms with E-state index >= 15 is 0 Å². The van der Waals surface area contributed by atoms with E-state index in [-0.39, 0.29) is 6.04 Å². The van der Waals surface area contributed by atoms with Crippen molar-refractivity contribution in [3.63, 3.8) is 0 Å². The summed E-state index contributed by atoms with van der Waals surface area (Å²) in [5.74, 6) is 0. The number of hydrogen-bond acceptors (Lipinski definition) is 3. The van der Waals surface area contributed by atoms with E-state index in [0.29, 0.717) is 6.41 Å². The molecule has 0 fully saturated rings. The molecular weight excluding hydrogens is 180 g/mol. The molecule has 0 saturated carbocycles. The highest BCUT2D eigenvalue weighted by molar-refractivity contribution is 5.71. The summed E-state index contributed by atoms with van der Waals surface area (Å²) in [5.41, 5.74) is 2.88. The lowest BCUT2D eigenvalue weighted by Crippen LogP contribution is -1.95. The molecule has 1 aliphatic rings. The van der Waals surface area contributed by atoms with Gasteiger partial charge in [-0.25, -0.2) is 0 Å². The van der Waals surface area contributed by atoms with Gasteiger partial charge in [0.05, 0.1) is 0 Å². The summed E-state index contributed by atoms with van der Waals surface area (Å²) < 4.78 is 0. The van der Waals surface area contributed by atoms with E-state index < -0.39 is 0 Å². The molecule has 1 aromatic rings. The molecule has 4 nitrogen and oxygen atoms in total. The fraction of sp³-hybridized carbons (Fsp3) is 0.300. The quantitative estimate of drug-likeness (QED) is 0.585. The average molecular weight is 190 g/mol. The first-order valence-corrected chi connectivity index (χ1v) is 4.50. The van der Waals surface area contributed by atoms with Gasteiger partial charge in [0.1, 0.15) is 6.04 Å². The smallest absolute Gasteiger partial charge is 0.211 e. The van der Waals surface area contributed by atoms with Gasteiger partial charge in [-0.3, -0.25) is 4.79 Å². The number of nitroso groups, excluding NO2 is 1. The van der Waals surface area contributed by atoms with Crippen molar-refractivity contribution in [2.24, 2.45) is 5.18 Å².